The molecule has 3 heteroatoms. The van der Waals surface area contributed by atoms with E-state index < -0.39 is 0 Å². The highest BCUT2D eigenvalue weighted by Gasteiger charge is 1.98. The Balaban J connectivity index is 3.04. The maximum atomic E-state index is 13.0. The normalized spacial score (nSPS) is 11.0. The molecule has 0 fully saturated rings. The van der Waals surface area contributed by atoms with Crippen molar-refractivity contribution in [3.05, 3.63) is 41.2 Å². The van der Waals surface area contributed by atoms with E-state index in [2.05, 4.69) is 0 Å². The van der Waals surface area contributed by atoms with Crippen LogP contribution in [0.1, 0.15) is 5.56 Å². The van der Waals surface area contributed by atoms with Gasteiger partial charge in [0.25, 0.3) is 0 Å². The van der Waals surface area contributed by atoms with E-state index in [9.17, 15) is 4.39 Å². The molecule has 0 aliphatic rings. The highest BCUT2D eigenvalue weighted by molar-refractivity contribution is 5.57. The fraction of sp³-hybridized carbons (Fsp3) is 0.100. The van der Waals surface area contributed by atoms with Crippen LogP contribution in [0.4, 0.5) is 4.39 Å². The SMILES string of the molecule is N#C/C(=C\c1ccccc1F)CN. The van der Waals surface area contributed by atoms with E-state index >= 15 is 0 Å². The fourth-order valence-electron chi connectivity index (χ4n) is 0.917. The molecule has 0 aliphatic carbocycles. The number of benzene rings is 1. The molecule has 66 valence electrons. The minimum Gasteiger partial charge on any atom is -0.326 e. The Morgan fingerprint density at radius 1 is 1.54 bits per heavy atom. The van der Waals surface area contributed by atoms with Gasteiger partial charge in [-0.2, -0.15) is 5.26 Å². The summed E-state index contributed by atoms with van der Waals surface area (Å²) in [6.07, 6.45) is 1.45. The Bertz CT molecular complexity index is 363. The van der Waals surface area contributed by atoms with Gasteiger partial charge in [0.1, 0.15) is 5.82 Å². The second-order valence-corrected chi connectivity index (χ2v) is 2.51. The van der Waals surface area contributed by atoms with Crippen molar-refractivity contribution in [2.45, 2.75) is 0 Å². The van der Waals surface area contributed by atoms with Gasteiger partial charge in [-0.1, -0.05) is 18.2 Å². The van der Waals surface area contributed by atoms with E-state index in [1.807, 2.05) is 6.07 Å². The van der Waals surface area contributed by atoms with Crippen molar-refractivity contribution < 1.29 is 4.39 Å². The largest absolute Gasteiger partial charge is 0.326 e. The molecular weight excluding hydrogens is 167 g/mol. The van der Waals surface area contributed by atoms with Crippen LogP contribution >= 0.6 is 0 Å². The third-order valence-corrected chi connectivity index (χ3v) is 1.60. The summed E-state index contributed by atoms with van der Waals surface area (Å²) in [6.45, 7) is 0.130. The molecule has 2 nitrogen and oxygen atoms in total. The molecule has 1 aromatic carbocycles. The van der Waals surface area contributed by atoms with Crippen LogP contribution in [0.3, 0.4) is 0 Å². The van der Waals surface area contributed by atoms with E-state index in [0.717, 1.165) is 0 Å². The molecule has 0 saturated carbocycles. The van der Waals surface area contributed by atoms with Gasteiger partial charge in [-0.3, -0.25) is 0 Å². The first-order chi connectivity index (χ1) is 6.27. The van der Waals surface area contributed by atoms with Crippen molar-refractivity contribution in [2.75, 3.05) is 6.54 Å². The van der Waals surface area contributed by atoms with Crippen LogP contribution in [0, 0.1) is 17.1 Å². The Kier molecular flexibility index (Phi) is 3.18. The van der Waals surface area contributed by atoms with Gasteiger partial charge in [-0.15, -0.1) is 0 Å². The first kappa shape index (κ1) is 9.43. The van der Waals surface area contributed by atoms with Gasteiger partial charge in [-0.05, 0) is 12.1 Å². The number of rotatable bonds is 2. The first-order valence-corrected chi connectivity index (χ1v) is 3.83. The molecule has 0 atom stereocenters. The molecule has 0 radical (unpaired) electrons. The lowest BCUT2D eigenvalue weighted by Gasteiger charge is -1.96. The zero-order chi connectivity index (χ0) is 9.68. The molecule has 1 aromatic rings. The van der Waals surface area contributed by atoms with Crippen LogP contribution in [0.15, 0.2) is 29.8 Å². The van der Waals surface area contributed by atoms with Crippen LogP contribution < -0.4 is 5.73 Å². The minimum atomic E-state index is -0.344. The smallest absolute Gasteiger partial charge is 0.130 e. The standard InChI is InChI=1S/C10H9FN2/c11-10-4-2-1-3-9(10)5-8(6-12)7-13/h1-5H,6,12H2/b8-5-. The predicted molar refractivity (Wildman–Crippen MR) is 49.0 cm³/mol. The molecule has 13 heavy (non-hydrogen) atoms. The number of halogens is 1. The second kappa shape index (κ2) is 4.39. The summed E-state index contributed by atoms with van der Waals surface area (Å²) in [7, 11) is 0. The molecule has 0 heterocycles. The molecule has 1 rings (SSSR count). The van der Waals surface area contributed by atoms with Crippen LogP contribution in [0.25, 0.3) is 6.08 Å². The number of nitrogens with zero attached hydrogens (tertiary/aromatic N) is 1. The Labute approximate surface area is 76.1 Å². The molecule has 0 unspecified atom stereocenters. The van der Waals surface area contributed by atoms with E-state index in [0.29, 0.717) is 11.1 Å². The van der Waals surface area contributed by atoms with E-state index in [1.165, 1.54) is 12.1 Å². The quantitative estimate of drug-likeness (QED) is 0.697. The van der Waals surface area contributed by atoms with Gasteiger partial charge < -0.3 is 5.73 Å². The van der Waals surface area contributed by atoms with E-state index in [-0.39, 0.29) is 12.4 Å². The highest BCUT2D eigenvalue weighted by Crippen LogP contribution is 2.10. The zero-order valence-electron chi connectivity index (χ0n) is 7.00. The maximum absolute atomic E-state index is 13.0. The van der Waals surface area contributed by atoms with Crippen molar-refractivity contribution in [2.24, 2.45) is 5.73 Å². The molecule has 0 amide bonds. The predicted octanol–water partition coefficient (Wildman–Crippen LogP) is 1.69. The Hall–Kier alpha value is -1.66. The second-order valence-electron chi connectivity index (χ2n) is 2.51. The summed E-state index contributed by atoms with van der Waals surface area (Å²) >= 11 is 0. The van der Waals surface area contributed by atoms with Crippen molar-refractivity contribution >= 4 is 6.08 Å². The van der Waals surface area contributed by atoms with Gasteiger partial charge in [0.2, 0.25) is 0 Å². The molecule has 0 spiro atoms. The van der Waals surface area contributed by atoms with Crippen molar-refractivity contribution in [1.82, 2.24) is 0 Å². The van der Waals surface area contributed by atoms with Gasteiger partial charge in [0.15, 0.2) is 0 Å². The van der Waals surface area contributed by atoms with Crippen molar-refractivity contribution in [3.8, 4) is 6.07 Å². The highest BCUT2D eigenvalue weighted by atomic mass is 19.1. The fourth-order valence-corrected chi connectivity index (χ4v) is 0.917. The summed E-state index contributed by atoms with van der Waals surface area (Å²) < 4.78 is 13.0. The van der Waals surface area contributed by atoms with Gasteiger partial charge in [0, 0.05) is 17.7 Å². The van der Waals surface area contributed by atoms with Gasteiger partial charge in [-0.25, -0.2) is 4.39 Å². The molecule has 2 N–H and O–H groups in total. The summed E-state index contributed by atoms with van der Waals surface area (Å²) in [6, 6.07) is 8.15. The molecule has 0 aromatic heterocycles. The Morgan fingerprint density at radius 3 is 2.77 bits per heavy atom. The van der Waals surface area contributed by atoms with Crippen LogP contribution in [-0.4, -0.2) is 6.54 Å². The molecule has 0 bridgehead atoms. The zero-order valence-corrected chi connectivity index (χ0v) is 7.00. The van der Waals surface area contributed by atoms with Crippen molar-refractivity contribution in [1.29, 1.82) is 5.26 Å². The first-order valence-electron chi connectivity index (χ1n) is 3.83. The average Bonchev–Trinajstić information content (AvgIpc) is 2.17. The lowest BCUT2D eigenvalue weighted by Crippen LogP contribution is -2.00. The summed E-state index contributed by atoms with van der Waals surface area (Å²) in [5.74, 6) is -0.344. The summed E-state index contributed by atoms with van der Waals surface area (Å²) in [4.78, 5) is 0. The van der Waals surface area contributed by atoms with Crippen LogP contribution in [0.2, 0.25) is 0 Å². The summed E-state index contributed by atoms with van der Waals surface area (Å²) in [5.41, 5.74) is 6.03. The van der Waals surface area contributed by atoms with Crippen molar-refractivity contribution in [3.63, 3.8) is 0 Å². The molecule has 0 aliphatic heterocycles. The summed E-state index contributed by atoms with van der Waals surface area (Å²) in [5, 5.41) is 8.56. The molecule has 0 saturated heterocycles. The number of nitriles is 1. The number of hydrogen-bond acceptors (Lipinski definition) is 2. The van der Waals surface area contributed by atoms with Crippen LogP contribution in [0.5, 0.6) is 0 Å². The Morgan fingerprint density at radius 2 is 2.23 bits per heavy atom. The lowest BCUT2D eigenvalue weighted by atomic mass is 10.1. The number of nitrogens with two attached hydrogens (primary N) is 1. The minimum absolute atomic E-state index is 0.130. The van der Waals surface area contributed by atoms with Gasteiger partial charge in [0.05, 0.1) is 6.07 Å². The number of hydrogen-bond donors (Lipinski definition) is 1. The third-order valence-electron chi connectivity index (χ3n) is 1.60. The van der Waals surface area contributed by atoms with Gasteiger partial charge >= 0.3 is 0 Å². The lowest BCUT2D eigenvalue weighted by molar-refractivity contribution is 0.625. The molecular formula is C10H9FN2. The van der Waals surface area contributed by atoms with Crippen LogP contribution in [-0.2, 0) is 0 Å². The van der Waals surface area contributed by atoms with E-state index in [4.69, 9.17) is 11.0 Å². The third kappa shape index (κ3) is 2.39. The topological polar surface area (TPSA) is 49.8 Å². The van der Waals surface area contributed by atoms with E-state index in [1.54, 1.807) is 18.2 Å². The monoisotopic (exact) mass is 176 g/mol. The average molecular weight is 176 g/mol. The maximum Gasteiger partial charge on any atom is 0.130 e.